The Kier molecular flexibility index (Phi) is 10.4. The standard InChI is InChI=1S/C24H36N2O2/c1-4-6-7-9-16-27-22-14-12-21(13-15-22)24-25-18-23(19-26-24)28-17-10-8-11-20(3)5-2/h12-15,18-20H,4-11,16-17H2,1-3H3. The van der Waals surface area contributed by atoms with Crippen LogP contribution >= 0.6 is 0 Å². The average Bonchev–Trinajstić information content (AvgIpc) is 2.74. The smallest absolute Gasteiger partial charge is 0.159 e. The number of hydrogen-bond donors (Lipinski definition) is 0. The lowest BCUT2D eigenvalue weighted by Crippen LogP contribution is -2.00. The van der Waals surface area contributed by atoms with Crippen molar-refractivity contribution in [2.75, 3.05) is 13.2 Å². The minimum Gasteiger partial charge on any atom is -0.494 e. The molecule has 1 unspecified atom stereocenters. The van der Waals surface area contributed by atoms with E-state index in [1.165, 1.54) is 38.5 Å². The summed E-state index contributed by atoms with van der Waals surface area (Å²) in [4.78, 5) is 8.88. The molecule has 0 spiro atoms. The third kappa shape index (κ3) is 8.28. The molecule has 0 aliphatic carbocycles. The zero-order chi connectivity index (χ0) is 20.0. The average molecular weight is 385 g/mol. The molecule has 1 aromatic heterocycles. The Morgan fingerprint density at radius 3 is 2.07 bits per heavy atom. The first-order valence-corrected chi connectivity index (χ1v) is 10.9. The fourth-order valence-corrected chi connectivity index (χ4v) is 2.95. The molecule has 1 atom stereocenters. The summed E-state index contributed by atoms with van der Waals surface area (Å²) in [7, 11) is 0. The van der Waals surface area contributed by atoms with Gasteiger partial charge in [-0.2, -0.15) is 0 Å². The fourth-order valence-electron chi connectivity index (χ4n) is 2.95. The van der Waals surface area contributed by atoms with Crippen LogP contribution in [-0.4, -0.2) is 23.2 Å². The predicted molar refractivity (Wildman–Crippen MR) is 116 cm³/mol. The zero-order valence-electron chi connectivity index (χ0n) is 17.8. The van der Waals surface area contributed by atoms with E-state index < -0.39 is 0 Å². The first kappa shape index (κ1) is 22.2. The van der Waals surface area contributed by atoms with Gasteiger partial charge >= 0.3 is 0 Å². The van der Waals surface area contributed by atoms with E-state index in [0.29, 0.717) is 5.82 Å². The number of hydrogen-bond acceptors (Lipinski definition) is 4. The number of benzene rings is 1. The van der Waals surface area contributed by atoms with E-state index >= 15 is 0 Å². The van der Waals surface area contributed by atoms with Gasteiger partial charge in [-0.1, -0.05) is 52.9 Å². The van der Waals surface area contributed by atoms with E-state index in [-0.39, 0.29) is 0 Å². The van der Waals surface area contributed by atoms with Crippen molar-refractivity contribution < 1.29 is 9.47 Å². The Morgan fingerprint density at radius 2 is 1.43 bits per heavy atom. The van der Waals surface area contributed by atoms with Crippen LogP contribution in [0, 0.1) is 5.92 Å². The second kappa shape index (κ2) is 13.1. The second-order valence-corrected chi connectivity index (χ2v) is 7.53. The van der Waals surface area contributed by atoms with Gasteiger partial charge in [-0.3, -0.25) is 0 Å². The fraction of sp³-hybridized carbons (Fsp3) is 0.583. The van der Waals surface area contributed by atoms with Crippen LogP contribution in [0.4, 0.5) is 0 Å². The lowest BCUT2D eigenvalue weighted by molar-refractivity contribution is 0.297. The Bertz CT molecular complexity index is 641. The highest BCUT2D eigenvalue weighted by Gasteiger charge is 2.04. The number of rotatable bonds is 14. The molecule has 0 saturated heterocycles. The molecule has 28 heavy (non-hydrogen) atoms. The normalized spacial score (nSPS) is 12.0. The summed E-state index contributed by atoms with van der Waals surface area (Å²) in [6.45, 7) is 8.27. The highest BCUT2D eigenvalue weighted by Crippen LogP contribution is 2.21. The number of aromatic nitrogens is 2. The summed E-state index contributed by atoms with van der Waals surface area (Å²) in [6, 6.07) is 7.98. The van der Waals surface area contributed by atoms with Crippen LogP contribution in [0.3, 0.4) is 0 Å². The van der Waals surface area contributed by atoms with Crippen LogP contribution < -0.4 is 9.47 Å². The third-order valence-corrected chi connectivity index (χ3v) is 5.06. The molecule has 2 rings (SSSR count). The van der Waals surface area contributed by atoms with Crippen LogP contribution in [0.1, 0.15) is 72.1 Å². The lowest BCUT2D eigenvalue weighted by Gasteiger charge is -2.09. The molecule has 154 valence electrons. The van der Waals surface area contributed by atoms with Gasteiger partial charge in [0.15, 0.2) is 11.6 Å². The molecule has 0 fully saturated rings. The van der Waals surface area contributed by atoms with Gasteiger partial charge in [-0.05, 0) is 49.4 Å². The quantitative estimate of drug-likeness (QED) is 0.340. The van der Waals surface area contributed by atoms with Gasteiger partial charge in [-0.15, -0.1) is 0 Å². The van der Waals surface area contributed by atoms with E-state index in [9.17, 15) is 0 Å². The molecule has 2 aromatic rings. The number of nitrogens with zero attached hydrogens (tertiary/aromatic N) is 2. The molecule has 0 N–H and O–H groups in total. The largest absolute Gasteiger partial charge is 0.494 e. The Hall–Kier alpha value is -2.10. The Morgan fingerprint density at radius 1 is 0.786 bits per heavy atom. The third-order valence-electron chi connectivity index (χ3n) is 5.06. The summed E-state index contributed by atoms with van der Waals surface area (Å²) >= 11 is 0. The van der Waals surface area contributed by atoms with Gasteiger partial charge in [0.05, 0.1) is 25.6 Å². The van der Waals surface area contributed by atoms with Crippen molar-refractivity contribution in [3.8, 4) is 22.9 Å². The van der Waals surface area contributed by atoms with Crippen molar-refractivity contribution in [1.29, 1.82) is 0 Å². The highest BCUT2D eigenvalue weighted by molar-refractivity contribution is 5.56. The molecule has 1 heterocycles. The maximum atomic E-state index is 5.79. The maximum Gasteiger partial charge on any atom is 0.159 e. The lowest BCUT2D eigenvalue weighted by atomic mass is 10.0. The van der Waals surface area contributed by atoms with Gasteiger partial charge < -0.3 is 9.47 Å². The Balaban J connectivity index is 1.73. The number of ether oxygens (including phenoxy) is 2. The summed E-state index contributed by atoms with van der Waals surface area (Å²) in [5.41, 5.74) is 0.985. The van der Waals surface area contributed by atoms with Crippen molar-refractivity contribution in [2.24, 2.45) is 5.92 Å². The van der Waals surface area contributed by atoms with Gasteiger partial charge in [-0.25, -0.2) is 9.97 Å². The van der Waals surface area contributed by atoms with Crippen LogP contribution in [0.2, 0.25) is 0 Å². The minimum atomic E-state index is 0.707. The maximum absolute atomic E-state index is 5.79. The zero-order valence-corrected chi connectivity index (χ0v) is 17.8. The molecule has 0 aliphatic heterocycles. The molecule has 1 aromatic carbocycles. The van der Waals surface area contributed by atoms with Crippen molar-refractivity contribution in [3.63, 3.8) is 0 Å². The van der Waals surface area contributed by atoms with E-state index in [0.717, 1.165) is 49.0 Å². The second-order valence-electron chi connectivity index (χ2n) is 7.53. The highest BCUT2D eigenvalue weighted by atomic mass is 16.5. The van der Waals surface area contributed by atoms with Gasteiger partial charge in [0.1, 0.15) is 5.75 Å². The van der Waals surface area contributed by atoms with Crippen molar-refractivity contribution in [3.05, 3.63) is 36.7 Å². The first-order valence-electron chi connectivity index (χ1n) is 10.9. The molecular formula is C24H36N2O2. The SMILES string of the molecule is CCCCCCOc1ccc(-c2ncc(OCCCCC(C)CC)cn2)cc1. The molecule has 0 radical (unpaired) electrons. The summed E-state index contributed by atoms with van der Waals surface area (Å²) in [5.74, 6) is 3.15. The Labute approximate surface area is 170 Å². The van der Waals surface area contributed by atoms with Crippen LogP contribution in [-0.2, 0) is 0 Å². The van der Waals surface area contributed by atoms with Gasteiger partial charge in [0.25, 0.3) is 0 Å². The van der Waals surface area contributed by atoms with E-state index in [4.69, 9.17) is 9.47 Å². The van der Waals surface area contributed by atoms with Crippen molar-refractivity contribution in [2.45, 2.75) is 72.1 Å². The summed E-state index contributed by atoms with van der Waals surface area (Å²) in [6.07, 6.45) is 13.2. The van der Waals surface area contributed by atoms with Crippen LogP contribution in [0.15, 0.2) is 36.7 Å². The molecule has 0 bridgehead atoms. The van der Waals surface area contributed by atoms with Gasteiger partial charge in [0, 0.05) is 5.56 Å². The first-order chi connectivity index (χ1) is 13.7. The van der Waals surface area contributed by atoms with Crippen molar-refractivity contribution >= 4 is 0 Å². The van der Waals surface area contributed by atoms with E-state index in [2.05, 4.69) is 30.7 Å². The molecule has 0 saturated carbocycles. The molecule has 0 aliphatic rings. The summed E-state index contributed by atoms with van der Waals surface area (Å²) < 4.78 is 11.5. The molecule has 4 heteroatoms. The van der Waals surface area contributed by atoms with E-state index in [1.807, 2.05) is 24.3 Å². The summed E-state index contributed by atoms with van der Waals surface area (Å²) in [5, 5.41) is 0. The van der Waals surface area contributed by atoms with Crippen LogP contribution in [0.5, 0.6) is 11.5 Å². The topological polar surface area (TPSA) is 44.2 Å². The monoisotopic (exact) mass is 384 g/mol. The number of unbranched alkanes of at least 4 members (excludes halogenated alkanes) is 4. The predicted octanol–water partition coefficient (Wildman–Crippen LogP) is 6.70. The van der Waals surface area contributed by atoms with Crippen LogP contribution in [0.25, 0.3) is 11.4 Å². The molecular weight excluding hydrogens is 348 g/mol. The van der Waals surface area contributed by atoms with Gasteiger partial charge in [0.2, 0.25) is 0 Å². The minimum absolute atomic E-state index is 0.707. The van der Waals surface area contributed by atoms with E-state index in [1.54, 1.807) is 12.4 Å². The molecule has 4 nitrogen and oxygen atoms in total. The van der Waals surface area contributed by atoms with Crippen molar-refractivity contribution in [1.82, 2.24) is 9.97 Å². The molecule has 0 amide bonds.